The van der Waals surface area contributed by atoms with Crippen LogP contribution in [0.4, 0.5) is 0 Å². The van der Waals surface area contributed by atoms with Gasteiger partial charge in [0, 0.05) is 10.6 Å². The van der Waals surface area contributed by atoms with Gasteiger partial charge in [0.2, 0.25) is 0 Å². The van der Waals surface area contributed by atoms with Crippen LogP contribution < -0.4 is 15.2 Å². The molecule has 0 saturated heterocycles. The number of hydrogen-bond acceptors (Lipinski definition) is 5. The summed E-state index contributed by atoms with van der Waals surface area (Å²) in [5, 5.41) is 0.965. The van der Waals surface area contributed by atoms with Gasteiger partial charge in [-0.1, -0.05) is 29.3 Å². The molecular weight excluding hydrogens is 377 g/mol. The van der Waals surface area contributed by atoms with Crippen molar-refractivity contribution in [3.63, 3.8) is 0 Å². The summed E-state index contributed by atoms with van der Waals surface area (Å²) >= 11 is 12.0. The molecular formula is C19H21Cl2NO4. The smallest absolute Gasteiger partial charge is 0.323 e. The Morgan fingerprint density at radius 1 is 1.15 bits per heavy atom. The SMILES string of the molecule is CCOC(=O)C(N)Cc1ccc(OC)c(COc2ccc(Cl)cc2Cl)c1. The highest BCUT2D eigenvalue weighted by Crippen LogP contribution is 2.29. The van der Waals surface area contributed by atoms with Crippen molar-refractivity contribution in [2.45, 2.75) is 26.0 Å². The fraction of sp³-hybridized carbons (Fsp3) is 0.316. The van der Waals surface area contributed by atoms with E-state index in [1.807, 2.05) is 18.2 Å². The van der Waals surface area contributed by atoms with Crippen molar-refractivity contribution in [2.24, 2.45) is 5.73 Å². The van der Waals surface area contributed by atoms with Crippen LogP contribution in [0.3, 0.4) is 0 Å². The van der Waals surface area contributed by atoms with E-state index in [9.17, 15) is 4.79 Å². The number of carbonyl (C=O) groups excluding carboxylic acids is 1. The Bertz CT molecular complexity index is 767. The Morgan fingerprint density at radius 2 is 1.88 bits per heavy atom. The maximum atomic E-state index is 11.7. The van der Waals surface area contributed by atoms with Crippen molar-refractivity contribution < 1.29 is 19.0 Å². The first kappa shape index (κ1) is 20.4. The van der Waals surface area contributed by atoms with E-state index in [-0.39, 0.29) is 6.61 Å². The van der Waals surface area contributed by atoms with Gasteiger partial charge >= 0.3 is 5.97 Å². The largest absolute Gasteiger partial charge is 0.496 e. The molecule has 2 rings (SSSR count). The number of ether oxygens (including phenoxy) is 3. The number of rotatable bonds is 8. The molecule has 0 heterocycles. The predicted molar refractivity (Wildman–Crippen MR) is 102 cm³/mol. The summed E-state index contributed by atoms with van der Waals surface area (Å²) in [7, 11) is 1.58. The molecule has 2 N–H and O–H groups in total. The monoisotopic (exact) mass is 397 g/mol. The normalized spacial score (nSPS) is 11.7. The highest BCUT2D eigenvalue weighted by molar-refractivity contribution is 6.35. The summed E-state index contributed by atoms with van der Waals surface area (Å²) in [6, 6.07) is 9.87. The highest BCUT2D eigenvalue weighted by atomic mass is 35.5. The molecule has 0 aliphatic carbocycles. The molecule has 140 valence electrons. The van der Waals surface area contributed by atoms with Crippen LogP contribution in [0.5, 0.6) is 11.5 Å². The second kappa shape index (κ2) is 9.67. The van der Waals surface area contributed by atoms with Crippen LogP contribution in [0.15, 0.2) is 36.4 Å². The number of hydrogen-bond donors (Lipinski definition) is 1. The fourth-order valence-electron chi connectivity index (χ4n) is 2.41. The Labute approximate surface area is 162 Å². The van der Waals surface area contributed by atoms with E-state index >= 15 is 0 Å². The first-order valence-electron chi connectivity index (χ1n) is 8.10. The van der Waals surface area contributed by atoms with Gasteiger partial charge in [-0.2, -0.15) is 0 Å². The molecule has 26 heavy (non-hydrogen) atoms. The molecule has 0 amide bonds. The zero-order valence-electron chi connectivity index (χ0n) is 14.6. The predicted octanol–water partition coefficient (Wildman–Crippen LogP) is 4.01. The van der Waals surface area contributed by atoms with Crippen molar-refractivity contribution in [3.8, 4) is 11.5 Å². The zero-order valence-corrected chi connectivity index (χ0v) is 16.1. The summed E-state index contributed by atoms with van der Waals surface area (Å²) in [4.78, 5) is 11.7. The third-order valence-corrected chi connectivity index (χ3v) is 4.20. The van der Waals surface area contributed by atoms with Gasteiger partial charge < -0.3 is 19.9 Å². The second-order valence-corrected chi connectivity index (χ2v) is 6.42. The van der Waals surface area contributed by atoms with Crippen LogP contribution in [-0.4, -0.2) is 25.7 Å². The Hall–Kier alpha value is -1.95. The average molecular weight is 398 g/mol. The minimum atomic E-state index is -0.720. The number of carbonyl (C=O) groups is 1. The van der Waals surface area contributed by atoms with E-state index in [0.29, 0.717) is 34.6 Å². The van der Waals surface area contributed by atoms with Gasteiger partial charge in [-0.25, -0.2) is 0 Å². The van der Waals surface area contributed by atoms with Crippen molar-refractivity contribution in [3.05, 3.63) is 57.6 Å². The maximum absolute atomic E-state index is 11.7. The summed E-state index contributed by atoms with van der Waals surface area (Å²) in [6.07, 6.45) is 0.359. The van der Waals surface area contributed by atoms with E-state index in [1.54, 1.807) is 32.2 Å². The van der Waals surface area contributed by atoms with E-state index in [4.69, 9.17) is 43.1 Å². The fourth-order valence-corrected chi connectivity index (χ4v) is 2.87. The lowest BCUT2D eigenvalue weighted by atomic mass is 10.0. The Morgan fingerprint density at radius 3 is 2.54 bits per heavy atom. The molecule has 1 unspecified atom stereocenters. The van der Waals surface area contributed by atoms with Gasteiger partial charge in [-0.15, -0.1) is 0 Å². The molecule has 0 saturated carbocycles. The van der Waals surface area contributed by atoms with Crippen molar-refractivity contribution in [1.82, 2.24) is 0 Å². The molecule has 5 nitrogen and oxygen atoms in total. The van der Waals surface area contributed by atoms with Crippen LogP contribution in [0.1, 0.15) is 18.1 Å². The minimum absolute atomic E-state index is 0.243. The topological polar surface area (TPSA) is 70.8 Å². The quantitative estimate of drug-likeness (QED) is 0.681. The van der Waals surface area contributed by atoms with E-state index in [2.05, 4.69) is 0 Å². The molecule has 0 aliphatic rings. The lowest BCUT2D eigenvalue weighted by molar-refractivity contribution is -0.144. The number of nitrogens with two attached hydrogens (primary N) is 1. The molecule has 0 aliphatic heterocycles. The van der Waals surface area contributed by atoms with Crippen molar-refractivity contribution in [1.29, 1.82) is 0 Å². The third kappa shape index (κ3) is 5.53. The van der Waals surface area contributed by atoms with Gasteiger partial charge in [0.25, 0.3) is 0 Å². The number of esters is 1. The van der Waals surface area contributed by atoms with Crippen molar-refractivity contribution in [2.75, 3.05) is 13.7 Å². The first-order valence-corrected chi connectivity index (χ1v) is 8.86. The zero-order chi connectivity index (χ0) is 19.1. The summed E-state index contributed by atoms with van der Waals surface area (Å²) in [5.41, 5.74) is 7.58. The summed E-state index contributed by atoms with van der Waals surface area (Å²) < 4.78 is 16.1. The summed E-state index contributed by atoms with van der Waals surface area (Å²) in [5.74, 6) is 0.768. The number of methoxy groups -OCH3 is 1. The lowest BCUT2D eigenvalue weighted by Crippen LogP contribution is -2.34. The van der Waals surface area contributed by atoms with Crippen LogP contribution in [0, 0.1) is 0 Å². The molecule has 2 aromatic carbocycles. The minimum Gasteiger partial charge on any atom is -0.496 e. The molecule has 1 atom stereocenters. The van der Waals surface area contributed by atoms with E-state index < -0.39 is 12.0 Å². The number of benzene rings is 2. The molecule has 0 spiro atoms. The van der Waals surface area contributed by atoms with Gasteiger partial charge in [0.15, 0.2) is 0 Å². The van der Waals surface area contributed by atoms with Crippen LogP contribution >= 0.6 is 23.2 Å². The maximum Gasteiger partial charge on any atom is 0.323 e. The third-order valence-electron chi connectivity index (χ3n) is 3.67. The Balaban J connectivity index is 2.12. The average Bonchev–Trinajstić information content (AvgIpc) is 2.61. The van der Waals surface area contributed by atoms with Crippen LogP contribution in [-0.2, 0) is 22.6 Å². The molecule has 0 aromatic heterocycles. The molecule has 0 radical (unpaired) electrons. The van der Waals surface area contributed by atoms with E-state index in [0.717, 1.165) is 11.1 Å². The molecule has 2 aromatic rings. The van der Waals surface area contributed by atoms with E-state index in [1.165, 1.54) is 0 Å². The molecule has 0 fully saturated rings. The van der Waals surface area contributed by atoms with Gasteiger partial charge in [-0.05, 0) is 49.2 Å². The first-order chi connectivity index (χ1) is 12.4. The molecule has 7 heteroatoms. The summed E-state index contributed by atoms with van der Waals surface area (Å²) in [6.45, 7) is 2.29. The lowest BCUT2D eigenvalue weighted by Gasteiger charge is -2.15. The highest BCUT2D eigenvalue weighted by Gasteiger charge is 2.16. The standard InChI is InChI=1S/C19H21Cl2NO4/c1-3-25-19(23)16(22)9-12-4-6-17(24-2)13(8-12)11-26-18-7-5-14(20)10-15(18)21/h4-8,10,16H,3,9,11,22H2,1-2H3. The second-order valence-electron chi connectivity index (χ2n) is 5.57. The van der Waals surface area contributed by atoms with Gasteiger partial charge in [0.05, 0.1) is 18.7 Å². The molecule has 0 bridgehead atoms. The van der Waals surface area contributed by atoms with Crippen LogP contribution in [0.25, 0.3) is 0 Å². The van der Waals surface area contributed by atoms with Gasteiger partial charge in [0.1, 0.15) is 24.1 Å². The van der Waals surface area contributed by atoms with Crippen molar-refractivity contribution >= 4 is 29.2 Å². The Kier molecular flexibility index (Phi) is 7.57. The van der Waals surface area contributed by atoms with Crippen LogP contribution in [0.2, 0.25) is 10.0 Å². The van der Waals surface area contributed by atoms with Gasteiger partial charge in [-0.3, -0.25) is 4.79 Å². The number of halogens is 2.